The van der Waals surface area contributed by atoms with Crippen molar-refractivity contribution in [2.45, 2.75) is 32.7 Å². The lowest BCUT2D eigenvalue weighted by atomic mass is 10.4. The number of hydrogen-bond acceptors (Lipinski definition) is 6. The van der Waals surface area contributed by atoms with Gasteiger partial charge in [-0.3, -0.25) is 0 Å². The molecule has 7 heteroatoms. The summed E-state index contributed by atoms with van der Waals surface area (Å²) in [6, 6.07) is -0.0554. The van der Waals surface area contributed by atoms with Gasteiger partial charge in [0.25, 0.3) is 0 Å². The molecular weight excluding hydrogens is 294 g/mol. The van der Waals surface area contributed by atoms with E-state index in [0.29, 0.717) is 39.6 Å². The standard InChI is InChI=1S/C14H31NO5S/c1-4-5-7-18-9-11-20-12-10-19-8-6-15-14(2)13-21(3,16)17/h14-15H,4-13H2,1-3H3. The number of nitrogens with one attached hydrogen (secondary N) is 1. The van der Waals surface area contributed by atoms with E-state index in [1.54, 1.807) is 0 Å². The Kier molecular flexibility index (Phi) is 13.3. The second kappa shape index (κ2) is 13.5. The zero-order chi connectivity index (χ0) is 16.0. The molecule has 0 saturated carbocycles. The van der Waals surface area contributed by atoms with E-state index in [0.717, 1.165) is 19.4 Å². The summed E-state index contributed by atoms with van der Waals surface area (Å²) in [7, 11) is -2.92. The highest BCUT2D eigenvalue weighted by Gasteiger charge is 2.08. The zero-order valence-electron chi connectivity index (χ0n) is 13.6. The van der Waals surface area contributed by atoms with Crippen molar-refractivity contribution in [2.75, 3.05) is 58.2 Å². The Balaban J connectivity index is 3.19. The van der Waals surface area contributed by atoms with Gasteiger partial charge in [-0.15, -0.1) is 0 Å². The average molecular weight is 325 g/mol. The molecule has 0 saturated heterocycles. The Labute approximate surface area is 129 Å². The van der Waals surface area contributed by atoms with Gasteiger partial charge in [0.2, 0.25) is 0 Å². The lowest BCUT2D eigenvalue weighted by Gasteiger charge is -2.12. The van der Waals surface area contributed by atoms with Crippen LogP contribution in [0.5, 0.6) is 0 Å². The maximum Gasteiger partial charge on any atom is 0.148 e. The highest BCUT2D eigenvalue weighted by atomic mass is 32.2. The van der Waals surface area contributed by atoms with Crippen molar-refractivity contribution in [1.29, 1.82) is 0 Å². The first-order valence-corrected chi connectivity index (χ1v) is 9.66. The van der Waals surface area contributed by atoms with Crippen molar-refractivity contribution >= 4 is 9.84 Å². The Morgan fingerprint density at radius 1 is 0.952 bits per heavy atom. The first kappa shape index (κ1) is 20.8. The van der Waals surface area contributed by atoms with Crippen LogP contribution in [0.2, 0.25) is 0 Å². The molecule has 0 aromatic carbocycles. The Hall–Kier alpha value is -0.210. The summed E-state index contributed by atoms with van der Waals surface area (Å²) < 4.78 is 38.2. The SMILES string of the molecule is CCCCOCCOCCOCCNC(C)CS(C)(=O)=O. The Morgan fingerprint density at radius 2 is 1.48 bits per heavy atom. The molecule has 0 aliphatic rings. The summed E-state index contributed by atoms with van der Waals surface area (Å²) in [5.74, 6) is 0.147. The number of rotatable bonds is 15. The van der Waals surface area contributed by atoms with Crippen LogP contribution in [-0.2, 0) is 24.0 Å². The molecule has 128 valence electrons. The van der Waals surface area contributed by atoms with Crippen molar-refractivity contribution in [2.24, 2.45) is 0 Å². The van der Waals surface area contributed by atoms with Gasteiger partial charge in [-0.25, -0.2) is 8.42 Å². The second-order valence-electron chi connectivity index (χ2n) is 5.14. The number of unbranched alkanes of at least 4 members (excludes halogenated alkanes) is 1. The normalized spacial score (nSPS) is 13.5. The molecule has 0 aliphatic carbocycles. The van der Waals surface area contributed by atoms with Gasteiger partial charge in [-0.1, -0.05) is 13.3 Å². The fraction of sp³-hybridized carbons (Fsp3) is 1.00. The molecule has 0 aromatic rings. The molecule has 0 radical (unpaired) electrons. The van der Waals surface area contributed by atoms with Gasteiger partial charge in [-0.2, -0.15) is 0 Å². The average Bonchev–Trinajstić information content (AvgIpc) is 2.38. The molecule has 1 N–H and O–H groups in total. The summed E-state index contributed by atoms with van der Waals surface area (Å²) >= 11 is 0. The summed E-state index contributed by atoms with van der Waals surface area (Å²) in [6.07, 6.45) is 3.48. The van der Waals surface area contributed by atoms with Crippen LogP contribution in [0.15, 0.2) is 0 Å². The summed E-state index contributed by atoms with van der Waals surface area (Å²) in [4.78, 5) is 0. The Bertz CT molecular complexity index is 321. The smallest absolute Gasteiger partial charge is 0.148 e. The Morgan fingerprint density at radius 3 is 2.00 bits per heavy atom. The van der Waals surface area contributed by atoms with Crippen molar-refractivity contribution in [3.05, 3.63) is 0 Å². The monoisotopic (exact) mass is 325 g/mol. The second-order valence-corrected chi connectivity index (χ2v) is 7.32. The third kappa shape index (κ3) is 17.7. The highest BCUT2D eigenvalue weighted by molar-refractivity contribution is 7.90. The fourth-order valence-corrected chi connectivity index (χ4v) is 2.70. The number of hydrogen-bond donors (Lipinski definition) is 1. The van der Waals surface area contributed by atoms with E-state index in [9.17, 15) is 8.42 Å². The van der Waals surface area contributed by atoms with E-state index >= 15 is 0 Å². The molecule has 0 amide bonds. The molecular formula is C14H31NO5S. The van der Waals surface area contributed by atoms with E-state index < -0.39 is 9.84 Å². The van der Waals surface area contributed by atoms with E-state index in [2.05, 4.69) is 12.2 Å². The van der Waals surface area contributed by atoms with Gasteiger partial charge in [0.15, 0.2) is 0 Å². The van der Waals surface area contributed by atoms with Crippen LogP contribution in [0.3, 0.4) is 0 Å². The summed E-state index contributed by atoms with van der Waals surface area (Å²) in [6.45, 7) is 8.28. The quantitative estimate of drug-likeness (QED) is 0.450. The summed E-state index contributed by atoms with van der Waals surface area (Å²) in [5.41, 5.74) is 0. The molecule has 0 aromatic heterocycles. The third-order valence-corrected chi connectivity index (χ3v) is 3.78. The van der Waals surface area contributed by atoms with Crippen LogP contribution >= 0.6 is 0 Å². The lowest BCUT2D eigenvalue weighted by molar-refractivity contribution is 0.0145. The van der Waals surface area contributed by atoms with Gasteiger partial charge in [0.1, 0.15) is 9.84 Å². The minimum atomic E-state index is -2.92. The number of ether oxygens (including phenoxy) is 3. The molecule has 0 spiro atoms. The van der Waals surface area contributed by atoms with Crippen LogP contribution in [0.1, 0.15) is 26.7 Å². The van der Waals surface area contributed by atoms with Gasteiger partial charge >= 0.3 is 0 Å². The molecule has 0 bridgehead atoms. The molecule has 0 rings (SSSR count). The first-order chi connectivity index (χ1) is 9.95. The maximum atomic E-state index is 11.1. The van der Waals surface area contributed by atoms with Crippen LogP contribution < -0.4 is 5.32 Å². The van der Waals surface area contributed by atoms with Gasteiger partial charge in [0.05, 0.1) is 38.8 Å². The van der Waals surface area contributed by atoms with Crippen molar-refractivity contribution in [3.8, 4) is 0 Å². The molecule has 0 heterocycles. The number of sulfone groups is 1. The zero-order valence-corrected chi connectivity index (χ0v) is 14.4. The van der Waals surface area contributed by atoms with Crippen LogP contribution in [0.25, 0.3) is 0 Å². The van der Waals surface area contributed by atoms with Crippen molar-refractivity contribution in [3.63, 3.8) is 0 Å². The van der Waals surface area contributed by atoms with Crippen LogP contribution in [0.4, 0.5) is 0 Å². The highest BCUT2D eigenvalue weighted by Crippen LogP contribution is 1.90. The molecule has 0 fully saturated rings. The van der Waals surface area contributed by atoms with Crippen LogP contribution in [-0.4, -0.2) is 72.7 Å². The van der Waals surface area contributed by atoms with Crippen molar-refractivity contribution < 1.29 is 22.6 Å². The van der Waals surface area contributed by atoms with E-state index in [4.69, 9.17) is 14.2 Å². The van der Waals surface area contributed by atoms with Crippen LogP contribution in [0, 0.1) is 0 Å². The molecule has 6 nitrogen and oxygen atoms in total. The van der Waals surface area contributed by atoms with E-state index in [1.807, 2.05) is 6.92 Å². The maximum absolute atomic E-state index is 11.1. The fourth-order valence-electron chi connectivity index (χ4n) is 1.68. The largest absolute Gasteiger partial charge is 0.379 e. The first-order valence-electron chi connectivity index (χ1n) is 7.60. The molecule has 1 unspecified atom stereocenters. The van der Waals surface area contributed by atoms with Gasteiger partial charge in [-0.05, 0) is 13.3 Å². The topological polar surface area (TPSA) is 73.9 Å². The minimum absolute atomic E-state index is 0.0554. The molecule has 1 atom stereocenters. The predicted octanol–water partition coefficient (Wildman–Crippen LogP) is 0.859. The van der Waals surface area contributed by atoms with E-state index in [1.165, 1.54) is 6.26 Å². The minimum Gasteiger partial charge on any atom is -0.379 e. The van der Waals surface area contributed by atoms with E-state index in [-0.39, 0.29) is 11.8 Å². The lowest BCUT2D eigenvalue weighted by Crippen LogP contribution is -2.35. The third-order valence-electron chi connectivity index (χ3n) is 2.68. The summed E-state index contributed by atoms with van der Waals surface area (Å²) in [5, 5.41) is 3.10. The predicted molar refractivity (Wildman–Crippen MR) is 84.5 cm³/mol. The molecule has 21 heavy (non-hydrogen) atoms. The molecule has 0 aliphatic heterocycles. The van der Waals surface area contributed by atoms with Crippen molar-refractivity contribution in [1.82, 2.24) is 5.32 Å². The van der Waals surface area contributed by atoms with Gasteiger partial charge < -0.3 is 19.5 Å². The van der Waals surface area contributed by atoms with Gasteiger partial charge in [0, 0.05) is 25.4 Å².